The minimum Gasteiger partial charge on any atom is -0.330 e. The van der Waals surface area contributed by atoms with Gasteiger partial charge in [0, 0.05) is 35.8 Å². The molecule has 3 aliphatic rings. The zero-order valence-electron chi connectivity index (χ0n) is 21.7. The van der Waals surface area contributed by atoms with Crippen LogP contribution in [0.1, 0.15) is 77.6 Å². The van der Waals surface area contributed by atoms with Crippen LogP contribution in [0.15, 0.2) is 36.5 Å². The molecule has 5 rings (SSSR count). The second kappa shape index (κ2) is 11.3. The van der Waals surface area contributed by atoms with Crippen LogP contribution >= 0.6 is 0 Å². The molecule has 2 aliphatic carbocycles. The van der Waals surface area contributed by atoms with E-state index in [1.165, 1.54) is 32.1 Å². The zero-order valence-corrected chi connectivity index (χ0v) is 21.7. The van der Waals surface area contributed by atoms with Crippen LogP contribution < -0.4 is 11.1 Å². The first-order valence-electron chi connectivity index (χ1n) is 14.3. The van der Waals surface area contributed by atoms with Crippen LogP contribution in [0.4, 0.5) is 5.69 Å². The van der Waals surface area contributed by atoms with Gasteiger partial charge in [-0.3, -0.25) is 14.6 Å². The normalized spacial score (nSPS) is 28.2. The standard InChI is InChI=1S/C30H42N4O2/c1-2-26(31)21-10-12-22(13-11-21)30(36)34-18-16-25(20-7-4-3-5-8-20)28(34)29(35)33-24-14-15-27-23(19-24)9-6-17-32-27/h6,9,14-15,17,19-22,25-26,28H,2-5,7-8,10-13,16,18,31H2,1H3,(H,33,35)/t21?,22?,25-,26?,28-/m0/s1. The van der Waals surface area contributed by atoms with Gasteiger partial charge in [0.25, 0.3) is 0 Å². The van der Waals surface area contributed by atoms with Crippen molar-refractivity contribution in [3.8, 4) is 0 Å². The van der Waals surface area contributed by atoms with Crippen molar-refractivity contribution in [3.63, 3.8) is 0 Å². The van der Waals surface area contributed by atoms with Crippen LogP contribution in [0, 0.1) is 23.7 Å². The maximum absolute atomic E-state index is 13.8. The summed E-state index contributed by atoms with van der Waals surface area (Å²) in [4.78, 5) is 34.0. The summed E-state index contributed by atoms with van der Waals surface area (Å²) >= 11 is 0. The fraction of sp³-hybridized carbons (Fsp3) is 0.633. The molecule has 6 nitrogen and oxygen atoms in total. The Hall–Kier alpha value is -2.47. The summed E-state index contributed by atoms with van der Waals surface area (Å²) in [5.74, 6) is 1.50. The Morgan fingerprint density at radius 1 is 1.06 bits per heavy atom. The summed E-state index contributed by atoms with van der Waals surface area (Å²) in [5, 5.41) is 4.19. The van der Waals surface area contributed by atoms with Gasteiger partial charge in [0.2, 0.25) is 11.8 Å². The summed E-state index contributed by atoms with van der Waals surface area (Å²) in [5.41, 5.74) is 7.99. The summed E-state index contributed by atoms with van der Waals surface area (Å²) in [6.07, 6.45) is 13.7. The Bertz CT molecular complexity index is 1060. The number of pyridine rings is 1. The molecule has 0 spiro atoms. The lowest BCUT2D eigenvalue weighted by molar-refractivity contribution is -0.142. The highest BCUT2D eigenvalue weighted by Crippen LogP contribution is 2.41. The molecule has 36 heavy (non-hydrogen) atoms. The summed E-state index contributed by atoms with van der Waals surface area (Å²) in [6, 6.07) is 9.62. The molecule has 194 valence electrons. The summed E-state index contributed by atoms with van der Waals surface area (Å²) in [7, 11) is 0. The lowest BCUT2D eigenvalue weighted by Gasteiger charge is -2.37. The molecule has 0 radical (unpaired) electrons. The average molecular weight is 491 g/mol. The molecule has 2 saturated carbocycles. The average Bonchev–Trinajstić information content (AvgIpc) is 3.38. The smallest absolute Gasteiger partial charge is 0.247 e. The number of rotatable bonds is 6. The van der Waals surface area contributed by atoms with E-state index < -0.39 is 0 Å². The topological polar surface area (TPSA) is 88.3 Å². The number of anilines is 1. The number of hydrogen-bond acceptors (Lipinski definition) is 4. The molecule has 1 aliphatic heterocycles. The molecule has 2 aromatic rings. The van der Waals surface area contributed by atoms with Crippen LogP contribution in [-0.4, -0.2) is 40.3 Å². The van der Waals surface area contributed by atoms with Gasteiger partial charge in [-0.2, -0.15) is 0 Å². The molecular weight excluding hydrogens is 448 g/mol. The predicted octanol–water partition coefficient (Wildman–Crippen LogP) is 5.51. The van der Waals surface area contributed by atoms with Gasteiger partial charge in [0.05, 0.1) is 5.52 Å². The third kappa shape index (κ3) is 5.29. The third-order valence-corrected chi connectivity index (χ3v) is 9.32. The number of carbonyl (C=O) groups is 2. The Morgan fingerprint density at radius 2 is 1.83 bits per heavy atom. The van der Waals surface area contributed by atoms with Gasteiger partial charge in [0.15, 0.2) is 0 Å². The summed E-state index contributed by atoms with van der Waals surface area (Å²) in [6.45, 7) is 2.85. The van der Waals surface area contributed by atoms with Crippen LogP contribution in [0.5, 0.6) is 0 Å². The van der Waals surface area contributed by atoms with E-state index in [-0.39, 0.29) is 35.7 Å². The van der Waals surface area contributed by atoms with E-state index in [9.17, 15) is 9.59 Å². The number of amides is 2. The maximum Gasteiger partial charge on any atom is 0.247 e. The molecule has 1 saturated heterocycles. The lowest BCUT2D eigenvalue weighted by atomic mass is 9.76. The van der Waals surface area contributed by atoms with E-state index >= 15 is 0 Å². The fourth-order valence-electron chi connectivity index (χ4n) is 7.19. The SMILES string of the molecule is CCC(N)C1CCC(C(=O)N2CC[C@@H](C3CCCCC3)[C@H]2C(=O)Nc2ccc3ncccc3c2)CC1. The number of nitrogens with one attached hydrogen (secondary N) is 1. The minimum absolute atomic E-state index is 0.0254. The quantitative estimate of drug-likeness (QED) is 0.558. The van der Waals surface area contributed by atoms with Crippen molar-refractivity contribution in [1.82, 2.24) is 9.88 Å². The van der Waals surface area contributed by atoms with Crippen LogP contribution in [-0.2, 0) is 9.59 Å². The van der Waals surface area contributed by atoms with Gasteiger partial charge in [-0.25, -0.2) is 0 Å². The number of likely N-dealkylation sites (tertiary alicyclic amines) is 1. The Labute approximate surface area is 215 Å². The number of aromatic nitrogens is 1. The minimum atomic E-state index is -0.374. The molecule has 1 aromatic carbocycles. The summed E-state index contributed by atoms with van der Waals surface area (Å²) < 4.78 is 0. The largest absolute Gasteiger partial charge is 0.330 e. The van der Waals surface area contributed by atoms with Crippen molar-refractivity contribution in [2.75, 3.05) is 11.9 Å². The molecule has 6 heteroatoms. The number of fused-ring (bicyclic) bond motifs is 1. The van der Waals surface area contributed by atoms with Crippen molar-refractivity contribution < 1.29 is 9.59 Å². The second-order valence-corrected chi connectivity index (χ2v) is 11.4. The number of hydrogen-bond donors (Lipinski definition) is 2. The molecule has 1 unspecified atom stereocenters. The van der Waals surface area contributed by atoms with Gasteiger partial charge in [0.1, 0.15) is 6.04 Å². The van der Waals surface area contributed by atoms with E-state index in [1.807, 2.05) is 35.2 Å². The predicted molar refractivity (Wildman–Crippen MR) is 144 cm³/mol. The van der Waals surface area contributed by atoms with E-state index in [0.29, 0.717) is 18.4 Å². The molecule has 3 atom stereocenters. The van der Waals surface area contributed by atoms with Crippen molar-refractivity contribution >= 4 is 28.4 Å². The Kier molecular flexibility index (Phi) is 7.90. The monoisotopic (exact) mass is 490 g/mol. The van der Waals surface area contributed by atoms with Gasteiger partial charge in [-0.15, -0.1) is 0 Å². The zero-order chi connectivity index (χ0) is 25.1. The Balaban J connectivity index is 1.33. The molecule has 2 amide bonds. The third-order valence-electron chi connectivity index (χ3n) is 9.32. The van der Waals surface area contributed by atoms with Gasteiger partial charge in [-0.1, -0.05) is 45.1 Å². The first-order chi connectivity index (χ1) is 17.5. The highest BCUT2D eigenvalue weighted by atomic mass is 16.2. The Morgan fingerprint density at radius 3 is 2.58 bits per heavy atom. The van der Waals surface area contributed by atoms with Gasteiger partial charge < -0.3 is 16.0 Å². The van der Waals surface area contributed by atoms with Gasteiger partial charge >= 0.3 is 0 Å². The molecule has 0 bridgehead atoms. The van der Waals surface area contributed by atoms with E-state index in [2.05, 4.69) is 17.2 Å². The molecule has 3 N–H and O–H groups in total. The number of nitrogens with two attached hydrogens (primary N) is 1. The number of carbonyl (C=O) groups excluding carboxylic acids is 2. The van der Waals surface area contributed by atoms with E-state index in [4.69, 9.17) is 5.73 Å². The lowest BCUT2D eigenvalue weighted by Crippen LogP contribution is -2.50. The molecule has 3 fully saturated rings. The fourth-order valence-corrected chi connectivity index (χ4v) is 7.19. The molecule has 2 heterocycles. The van der Waals surface area contributed by atoms with Crippen LogP contribution in [0.25, 0.3) is 10.9 Å². The van der Waals surface area contributed by atoms with Gasteiger partial charge in [-0.05, 0) is 80.5 Å². The first kappa shape index (κ1) is 25.2. The molecular formula is C30H42N4O2. The van der Waals surface area contributed by atoms with Crippen molar-refractivity contribution in [2.24, 2.45) is 29.4 Å². The van der Waals surface area contributed by atoms with E-state index in [1.54, 1.807) is 6.20 Å². The van der Waals surface area contributed by atoms with E-state index in [0.717, 1.165) is 55.1 Å². The van der Waals surface area contributed by atoms with Crippen molar-refractivity contribution in [1.29, 1.82) is 0 Å². The molecule has 1 aromatic heterocycles. The number of nitrogens with zero attached hydrogens (tertiary/aromatic N) is 2. The highest BCUT2D eigenvalue weighted by molar-refractivity contribution is 5.99. The van der Waals surface area contributed by atoms with Crippen molar-refractivity contribution in [3.05, 3.63) is 36.5 Å². The second-order valence-electron chi connectivity index (χ2n) is 11.4. The van der Waals surface area contributed by atoms with Crippen LogP contribution in [0.2, 0.25) is 0 Å². The number of benzene rings is 1. The maximum atomic E-state index is 13.8. The highest BCUT2D eigenvalue weighted by Gasteiger charge is 2.46. The van der Waals surface area contributed by atoms with Crippen LogP contribution in [0.3, 0.4) is 0 Å². The van der Waals surface area contributed by atoms with Crippen molar-refractivity contribution in [2.45, 2.75) is 89.6 Å². The first-order valence-corrected chi connectivity index (χ1v) is 14.3.